The van der Waals surface area contributed by atoms with Crippen LogP contribution in [0.2, 0.25) is 0 Å². The van der Waals surface area contributed by atoms with Gasteiger partial charge in [-0.3, -0.25) is 19.5 Å². The van der Waals surface area contributed by atoms with Crippen molar-refractivity contribution in [3.05, 3.63) is 35.4 Å². The molecule has 1 aliphatic carbocycles. The molecule has 0 atom stereocenters. The van der Waals surface area contributed by atoms with Gasteiger partial charge in [-0.05, 0) is 56.5 Å². The SMILES string of the molecule is CN=C(NCc1ccc(C(=O)NCC(N)=O)cc1)NCC1(N2CCCCC2)CCCCC1. The molecule has 32 heavy (non-hydrogen) atoms. The first-order chi connectivity index (χ1) is 15.5. The Kier molecular flexibility index (Phi) is 8.90. The van der Waals surface area contributed by atoms with E-state index in [1.165, 1.54) is 64.5 Å². The summed E-state index contributed by atoms with van der Waals surface area (Å²) in [5.74, 6) is -0.0696. The highest BCUT2D eigenvalue weighted by atomic mass is 16.2. The number of rotatable bonds is 8. The molecular formula is C24H38N6O2. The van der Waals surface area contributed by atoms with Gasteiger partial charge in [-0.15, -0.1) is 0 Å². The lowest BCUT2D eigenvalue weighted by molar-refractivity contribution is -0.117. The Balaban J connectivity index is 1.51. The number of aliphatic imine (C=N–C) groups is 1. The summed E-state index contributed by atoms with van der Waals surface area (Å²) in [7, 11) is 1.80. The molecule has 0 aromatic heterocycles. The van der Waals surface area contributed by atoms with Crippen molar-refractivity contribution in [1.82, 2.24) is 20.9 Å². The van der Waals surface area contributed by atoms with Crippen molar-refractivity contribution in [3.8, 4) is 0 Å². The lowest BCUT2D eigenvalue weighted by Crippen LogP contribution is -2.59. The van der Waals surface area contributed by atoms with E-state index in [1.54, 1.807) is 19.2 Å². The quantitative estimate of drug-likeness (QED) is 0.362. The number of carbonyl (C=O) groups is 2. The van der Waals surface area contributed by atoms with Crippen molar-refractivity contribution >= 4 is 17.8 Å². The van der Waals surface area contributed by atoms with Crippen LogP contribution in [0.4, 0.5) is 0 Å². The van der Waals surface area contributed by atoms with E-state index in [0.29, 0.717) is 12.1 Å². The molecule has 2 amide bonds. The maximum Gasteiger partial charge on any atom is 0.251 e. The van der Waals surface area contributed by atoms with Gasteiger partial charge in [0.2, 0.25) is 5.91 Å². The molecule has 1 aliphatic heterocycles. The first-order valence-corrected chi connectivity index (χ1v) is 11.9. The molecule has 2 aliphatic rings. The second-order valence-corrected chi connectivity index (χ2v) is 8.96. The molecule has 1 aromatic rings. The maximum absolute atomic E-state index is 12.0. The van der Waals surface area contributed by atoms with Crippen LogP contribution in [-0.4, -0.2) is 61.4 Å². The van der Waals surface area contributed by atoms with Crippen LogP contribution in [0.5, 0.6) is 0 Å². The van der Waals surface area contributed by atoms with Gasteiger partial charge in [0.1, 0.15) is 0 Å². The number of nitrogens with two attached hydrogens (primary N) is 1. The van der Waals surface area contributed by atoms with Crippen molar-refractivity contribution in [2.75, 3.05) is 33.2 Å². The smallest absolute Gasteiger partial charge is 0.251 e. The molecule has 1 saturated heterocycles. The Hall–Kier alpha value is -2.61. The maximum atomic E-state index is 12.0. The van der Waals surface area contributed by atoms with Gasteiger partial charge in [-0.2, -0.15) is 0 Å². The van der Waals surface area contributed by atoms with E-state index >= 15 is 0 Å². The second kappa shape index (κ2) is 11.9. The fraction of sp³-hybridized carbons (Fsp3) is 0.625. The van der Waals surface area contributed by atoms with Gasteiger partial charge in [0.25, 0.3) is 5.91 Å². The number of hydrogen-bond donors (Lipinski definition) is 4. The fourth-order valence-corrected chi connectivity index (χ4v) is 4.88. The van der Waals surface area contributed by atoms with Crippen LogP contribution in [-0.2, 0) is 11.3 Å². The molecule has 3 rings (SSSR count). The van der Waals surface area contributed by atoms with E-state index in [1.807, 2.05) is 12.1 Å². The van der Waals surface area contributed by atoms with Crippen LogP contribution in [0.15, 0.2) is 29.3 Å². The number of primary amides is 1. The molecule has 1 saturated carbocycles. The number of likely N-dealkylation sites (tertiary alicyclic amines) is 1. The van der Waals surface area contributed by atoms with Gasteiger partial charge in [-0.1, -0.05) is 37.8 Å². The molecule has 176 valence electrons. The fourth-order valence-electron chi connectivity index (χ4n) is 4.88. The van der Waals surface area contributed by atoms with Gasteiger partial charge >= 0.3 is 0 Å². The summed E-state index contributed by atoms with van der Waals surface area (Å²) in [4.78, 5) is 30.0. The Morgan fingerprint density at radius 2 is 1.62 bits per heavy atom. The minimum absolute atomic E-state index is 0.164. The molecule has 1 heterocycles. The number of piperidine rings is 1. The summed E-state index contributed by atoms with van der Waals surface area (Å²) >= 11 is 0. The Bertz CT molecular complexity index is 780. The standard InChI is InChI=1S/C24H38N6O2/c1-26-23(28-16-19-8-10-20(11-9-19)22(32)27-17-21(25)31)29-18-24(12-4-2-5-13-24)30-14-6-3-7-15-30/h8-11H,2-7,12-18H2,1H3,(H2,25,31)(H,27,32)(H2,26,28,29). The lowest BCUT2D eigenvalue weighted by Gasteiger charge is -2.48. The average Bonchev–Trinajstić information content (AvgIpc) is 2.84. The first-order valence-electron chi connectivity index (χ1n) is 11.9. The number of hydrogen-bond acceptors (Lipinski definition) is 4. The molecule has 0 radical (unpaired) electrons. The number of amides is 2. The number of guanidine groups is 1. The normalized spacial score (nSPS) is 19.2. The zero-order valence-electron chi connectivity index (χ0n) is 19.3. The van der Waals surface area contributed by atoms with Gasteiger partial charge in [0, 0.05) is 31.2 Å². The predicted octanol–water partition coefficient (Wildman–Crippen LogP) is 1.76. The highest BCUT2D eigenvalue weighted by molar-refractivity contribution is 5.96. The predicted molar refractivity (Wildman–Crippen MR) is 127 cm³/mol. The van der Waals surface area contributed by atoms with E-state index in [0.717, 1.165) is 18.1 Å². The topological polar surface area (TPSA) is 112 Å². The Morgan fingerprint density at radius 3 is 2.25 bits per heavy atom. The van der Waals surface area contributed by atoms with Crippen molar-refractivity contribution in [3.63, 3.8) is 0 Å². The third-order valence-corrected chi connectivity index (χ3v) is 6.72. The van der Waals surface area contributed by atoms with E-state index in [4.69, 9.17) is 5.73 Å². The molecule has 8 nitrogen and oxygen atoms in total. The van der Waals surface area contributed by atoms with Crippen LogP contribution in [0.25, 0.3) is 0 Å². The zero-order valence-corrected chi connectivity index (χ0v) is 19.3. The van der Waals surface area contributed by atoms with Crippen molar-refractivity contribution in [1.29, 1.82) is 0 Å². The van der Waals surface area contributed by atoms with Crippen molar-refractivity contribution < 1.29 is 9.59 Å². The van der Waals surface area contributed by atoms with Gasteiger partial charge in [0.05, 0.1) is 6.54 Å². The molecule has 5 N–H and O–H groups in total. The third-order valence-electron chi connectivity index (χ3n) is 6.72. The van der Waals surface area contributed by atoms with Crippen molar-refractivity contribution in [2.45, 2.75) is 63.5 Å². The minimum atomic E-state index is -0.562. The van der Waals surface area contributed by atoms with Crippen LogP contribution in [0.1, 0.15) is 67.3 Å². The number of nitrogens with one attached hydrogen (secondary N) is 3. The summed E-state index contributed by atoms with van der Waals surface area (Å²) in [6, 6.07) is 7.29. The van der Waals surface area contributed by atoms with Crippen LogP contribution in [0.3, 0.4) is 0 Å². The van der Waals surface area contributed by atoms with Crippen LogP contribution in [0, 0.1) is 0 Å². The largest absolute Gasteiger partial charge is 0.368 e. The zero-order chi connectivity index (χ0) is 22.8. The Morgan fingerprint density at radius 1 is 0.969 bits per heavy atom. The highest BCUT2D eigenvalue weighted by Crippen LogP contribution is 2.35. The van der Waals surface area contributed by atoms with Crippen LogP contribution < -0.4 is 21.7 Å². The summed E-state index contributed by atoms with van der Waals surface area (Å²) < 4.78 is 0. The Labute approximate surface area is 191 Å². The van der Waals surface area contributed by atoms with Gasteiger partial charge in [-0.25, -0.2) is 0 Å². The average molecular weight is 443 g/mol. The second-order valence-electron chi connectivity index (χ2n) is 8.96. The van der Waals surface area contributed by atoms with Gasteiger partial charge < -0.3 is 21.7 Å². The molecule has 0 bridgehead atoms. The summed E-state index contributed by atoms with van der Waals surface area (Å²) in [5, 5.41) is 9.48. The first kappa shape index (κ1) is 24.0. The summed E-state index contributed by atoms with van der Waals surface area (Å²) in [6.45, 7) is 3.80. The molecular weight excluding hydrogens is 404 g/mol. The molecule has 1 aromatic carbocycles. The lowest BCUT2D eigenvalue weighted by atomic mass is 9.79. The molecule has 0 spiro atoms. The third kappa shape index (κ3) is 6.69. The minimum Gasteiger partial charge on any atom is -0.368 e. The van der Waals surface area contributed by atoms with Gasteiger partial charge in [0.15, 0.2) is 5.96 Å². The van der Waals surface area contributed by atoms with E-state index in [9.17, 15) is 9.59 Å². The number of nitrogens with zero attached hydrogens (tertiary/aromatic N) is 2. The monoisotopic (exact) mass is 442 g/mol. The number of benzene rings is 1. The highest BCUT2D eigenvalue weighted by Gasteiger charge is 2.38. The molecule has 8 heteroatoms. The van der Waals surface area contributed by atoms with Crippen LogP contribution >= 0.6 is 0 Å². The van der Waals surface area contributed by atoms with Crippen molar-refractivity contribution in [2.24, 2.45) is 10.7 Å². The summed E-state index contributed by atoms with van der Waals surface area (Å²) in [6.07, 6.45) is 10.5. The summed E-state index contributed by atoms with van der Waals surface area (Å²) in [5.41, 5.74) is 6.85. The molecule has 2 fully saturated rings. The van der Waals surface area contributed by atoms with E-state index < -0.39 is 5.91 Å². The van der Waals surface area contributed by atoms with E-state index in [-0.39, 0.29) is 18.0 Å². The molecule has 0 unspecified atom stereocenters. The number of carbonyl (C=O) groups excluding carboxylic acids is 2. The van der Waals surface area contributed by atoms with E-state index in [2.05, 4.69) is 25.8 Å².